The number of carbonyl (C=O) groups is 1. The van der Waals surface area contributed by atoms with Crippen LogP contribution in [0, 0.1) is 0 Å². The van der Waals surface area contributed by atoms with Crippen LogP contribution in [0.25, 0.3) is 0 Å². The first-order valence-electron chi connectivity index (χ1n) is 10.3. The van der Waals surface area contributed by atoms with E-state index in [1.54, 1.807) is 60.4 Å². The lowest BCUT2D eigenvalue weighted by Crippen LogP contribution is -2.37. The van der Waals surface area contributed by atoms with Crippen molar-refractivity contribution < 1.29 is 9.53 Å². The Morgan fingerprint density at radius 2 is 1.85 bits per heavy atom. The molecule has 0 spiro atoms. The summed E-state index contributed by atoms with van der Waals surface area (Å²) in [5.41, 5.74) is 6.41. The molecule has 0 unspecified atom stereocenters. The predicted octanol–water partition coefficient (Wildman–Crippen LogP) is 5.20. The van der Waals surface area contributed by atoms with Crippen molar-refractivity contribution >= 4 is 41.1 Å². The SMILES string of the molecule is O=C1c2ccc(Oc3c(Cl)cc(N4C=NC=CN4)cc3Cl)cc2CCN1Cc1ccncc1. The van der Waals surface area contributed by atoms with Crippen molar-refractivity contribution in [2.45, 2.75) is 13.0 Å². The number of hydrogen-bond donors (Lipinski definition) is 1. The van der Waals surface area contributed by atoms with Gasteiger partial charge in [-0.05, 0) is 60.0 Å². The van der Waals surface area contributed by atoms with Crippen LogP contribution in [0.2, 0.25) is 10.0 Å². The summed E-state index contributed by atoms with van der Waals surface area (Å²) in [4.78, 5) is 22.9. The fourth-order valence-electron chi connectivity index (χ4n) is 3.77. The zero-order valence-electron chi connectivity index (χ0n) is 17.4. The van der Waals surface area contributed by atoms with Crippen molar-refractivity contribution in [3.8, 4) is 11.5 Å². The molecule has 0 radical (unpaired) electrons. The van der Waals surface area contributed by atoms with Gasteiger partial charge in [-0.15, -0.1) is 0 Å². The molecule has 33 heavy (non-hydrogen) atoms. The number of amides is 1. The number of nitrogens with zero attached hydrogens (tertiary/aromatic N) is 4. The summed E-state index contributed by atoms with van der Waals surface area (Å²) in [6.45, 7) is 1.19. The predicted molar refractivity (Wildman–Crippen MR) is 129 cm³/mol. The summed E-state index contributed by atoms with van der Waals surface area (Å²) < 4.78 is 6.02. The van der Waals surface area contributed by atoms with Gasteiger partial charge in [0.15, 0.2) is 5.75 Å². The average Bonchev–Trinajstić information content (AvgIpc) is 2.84. The highest BCUT2D eigenvalue weighted by Crippen LogP contribution is 2.40. The van der Waals surface area contributed by atoms with Crippen molar-refractivity contribution in [2.24, 2.45) is 4.99 Å². The molecule has 0 aliphatic carbocycles. The van der Waals surface area contributed by atoms with Gasteiger partial charge in [-0.3, -0.25) is 15.2 Å². The molecule has 2 aliphatic rings. The number of fused-ring (bicyclic) bond motifs is 1. The van der Waals surface area contributed by atoms with Gasteiger partial charge in [0.05, 0.1) is 15.7 Å². The van der Waals surface area contributed by atoms with Gasteiger partial charge in [0.25, 0.3) is 5.91 Å². The minimum atomic E-state index is 0.00442. The van der Waals surface area contributed by atoms with Crippen LogP contribution in [-0.2, 0) is 13.0 Å². The van der Waals surface area contributed by atoms with Crippen LogP contribution in [0.4, 0.5) is 5.69 Å². The number of ether oxygens (including phenoxy) is 1. The molecule has 0 fully saturated rings. The third kappa shape index (κ3) is 4.51. The smallest absolute Gasteiger partial charge is 0.254 e. The van der Waals surface area contributed by atoms with Crippen LogP contribution in [-0.4, -0.2) is 28.7 Å². The molecule has 5 rings (SSSR count). The lowest BCUT2D eigenvalue weighted by Gasteiger charge is -2.29. The van der Waals surface area contributed by atoms with Crippen LogP contribution >= 0.6 is 23.2 Å². The highest BCUT2D eigenvalue weighted by molar-refractivity contribution is 6.37. The number of pyridine rings is 1. The summed E-state index contributed by atoms with van der Waals surface area (Å²) in [6, 6.07) is 12.7. The first kappa shape index (κ1) is 21.3. The Balaban J connectivity index is 1.34. The van der Waals surface area contributed by atoms with Crippen molar-refractivity contribution in [2.75, 3.05) is 11.6 Å². The Hall–Kier alpha value is -3.55. The topological polar surface area (TPSA) is 70.1 Å². The first-order chi connectivity index (χ1) is 16.1. The van der Waals surface area contributed by atoms with Gasteiger partial charge >= 0.3 is 0 Å². The van der Waals surface area contributed by atoms with E-state index in [4.69, 9.17) is 27.9 Å². The molecule has 0 saturated heterocycles. The number of aromatic nitrogens is 1. The number of hydrogen-bond acceptors (Lipinski definition) is 6. The lowest BCUT2D eigenvalue weighted by atomic mass is 9.98. The van der Waals surface area contributed by atoms with Crippen molar-refractivity contribution in [3.63, 3.8) is 0 Å². The number of benzene rings is 2. The largest absolute Gasteiger partial charge is 0.454 e. The number of halogens is 2. The third-order valence-electron chi connectivity index (χ3n) is 5.41. The second-order valence-electron chi connectivity index (χ2n) is 7.57. The minimum absolute atomic E-state index is 0.00442. The van der Waals surface area contributed by atoms with E-state index in [0.29, 0.717) is 40.2 Å². The number of aliphatic imine (C=N–C) groups is 1. The highest BCUT2D eigenvalue weighted by Gasteiger charge is 2.25. The third-order valence-corrected chi connectivity index (χ3v) is 5.97. The molecule has 1 aromatic heterocycles. The number of rotatable bonds is 5. The molecule has 1 amide bonds. The van der Waals surface area contributed by atoms with Crippen LogP contribution in [0.5, 0.6) is 11.5 Å². The highest BCUT2D eigenvalue weighted by atomic mass is 35.5. The molecular weight excluding hydrogens is 461 g/mol. The van der Waals surface area contributed by atoms with Gasteiger partial charge < -0.3 is 9.64 Å². The van der Waals surface area contributed by atoms with Crippen LogP contribution in [0.15, 0.2) is 72.3 Å². The first-order valence-corrected chi connectivity index (χ1v) is 11.1. The molecule has 0 atom stereocenters. The summed E-state index contributed by atoms with van der Waals surface area (Å²) in [5, 5.41) is 2.41. The molecule has 166 valence electrons. The molecule has 0 saturated carbocycles. The number of nitrogens with one attached hydrogen (secondary N) is 1. The van der Waals surface area contributed by atoms with Crippen LogP contribution in [0.1, 0.15) is 21.5 Å². The number of carbonyl (C=O) groups excluding carboxylic acids is 1. The van der Waals surface area contributed by atoms with Crippen LogP contribution in [0.3, 0.4) is 0 Å². The Morgan fingerprint density at radius 3 is 2.58 bits per heavy atom. The minimum Gasteiger partial charge on any atom is -0.454 e. The molecular formula is C24H19Cl2N5O2. The fourth-order valence-corrected chi connectivity index (χ4v) is 4.33. The van der Waals surface area contributed by atoms with Gasteiger partial charge in [0, 0.05) is 43.4 Å². The summed E-state index contributed by atoms with van der Waals surface area (Å²) in [5.74, 6) is 0.930. The summed E-state index contributed by atoms with van der Waals surface area (Å²) in [6.07, 6.45) is 9.14. The Kier molecular flexibility index (Phi) is 5.90. The van der Waals surface area contributed by atoms with Gasteiger partial charge in [0.2, 0.25) is 0 Å². The van der Waals surface area contributed by atoms with E-state index in [-0.39, 0.29) is 5.91 Å². The van der Waals surface area contributed by atoms with Gasteiger partial charge in [-0.25, -0.2) is 10.0 Å². The summed E-state index contributed by atoms with van der Waals surface area (Å²) in [7, 11) is 0. The molecule has 3 heterocycles. The molecule has 0 bridgehead atoms. The second kappa shape index (κ2) is 9.13. The normalized spacial score (nSPS) is 14.8. The second-order valence-corrected chi connectivity index (χ2v) is 8.39. The monoisotopic (exact) mass is 479 g/mol. The zero-order valence-corrected chi connectivity index (χ0v) is 18.9. The Morgan fingerprint density at radius 1 is 1.06 bits per heavy atom. The van der Waals surface area contributed by atoms with Crippen molar-refractivity contribution in [1.29, 1.82) is 0 Å². The van der Waals surface area contributed by atoms with E-state index in [2.05, 4.69) is 15.4 Å². The maximum absolute atomic E-state index is 13.0. The quantitative estimate of drug-likeness (QED) is 0.544. The maximum Gasteiger partial charge on any atom is 0.254 e. The number of hydrazine groups is 1. The lowest BCUT2D eigenvalue weighted by molar-refractivity contribution is 0.0727. The average molecular weight is 480 g/mol. The van der Waals surface area contributed by atoms with E-state index >= 15 is 0 Å². The van der Waals surface area contributed by atoms with Crippen molar-refractivity contribution in [3.05, 3.63) is 94.0 Å². The fraction of sp³-hybridized carbons (Fsp3) is 0.125. The van der Waals surface area contributed by atoms with E-state index in [0.717, 1.165) is 23.2 Å². The number of anilines is 1. The molecule has 1 N–H and O–H groups in total. The van der Waals surface area contributed by atoms with E-state index in [9.17, 15) is 4.79 Å². The van der Waals surface area contributed by atoms with Crippen molar-refractivity contribution in [1.82, 2.24) is 15.3 Å². The van der Waals surface area contributed by atoms with E-state index < -0.39 is 0 Å². The Labute approximate surface area is 200 Å². The molecule has 2 aliphatic heterocycles. The van der Waals surface area contributed by atoms with Gasteiger partial charge in [-0.1, -0.05) is 23.2 Å². The van der Waals surface area contributed by atoms with Gasteiger partial charge in [0.1, 0.15) is 12.1 Å². The van der Waals surface area contributed by atoms with E-state index in [1.807, 2.05) is 23.1 Å². The van der Waals surface area contributed by atoms with E-state index in [1.165, 1.54) is 0 Å². The summed E-state index contributed by atoms with van der Waals surface area (Å²) >= 11 is 12.9. The maximum atomic E-state index is 13.0. The van der Waals surface area contributed by atoms with Gasteiger partial charge in [-0.2, -0.15) is 0 Å². The molecule has 7 nitrogen and oxygen atoms in total. The zero-order chi connectivity index (χ0) is 22.8. The molecule has 2 aromatic carbocycles. The molecule has 9 heteroatoms. The molecule has 3 aromatic rings. The Bertz CT molecular complexity index is 1240. The van der Waals surface area contributed by atoms with Crippen LogP contribution < -0.4 is 15.2 Å². The standard InChI is InChI=1S/C24H19Cl2N5O2/c25-21-12-18(31-15-28-8-9-29-31)13-22(26)23(21)33-19-1-2-20-17(11-19)5-10-30(24(20)32)14-16-3-6-27-7-4-16/h1-4,6-9,11-13,15,29H,5,10,14H2.